The summed E-state index contributed by atoms with van der Waals surface area (Å²) in [5, 5.41) is 5.34. The molecule has 1 N–H and O–H groups in total. The van der Waals surface area contributed by atoms with Gasteiger partial charge in [0, 0.05) is 28.0 Å². The number of halogens is 2. The molecule has 1 aromatic carbocycles. The van der Waals surface area contributed by atoms with Crippen LogP contribution in [-0.2, 0) is 13.1 Å². The van der Waals surface area contributed by atoms with Crippen molar-refractivity contribution in [1.29, 1.82) is 0 Å². The summed E-state index contributed by atoms with van der Waals surface area (Å²) in [7, 11) is 0. The molecule has 0 aliphatic heterocycles. The molecule has 1 nitrogen and oxygen atoms in total. The number of thiophene rings is 1. The first-order chi connectivity index (χ1) is 8.16. The van der Waals surface area contributed by atoms with Crippen molar-refractivity contribution < 1.29 is 4.39 Å². The minimum Gasteiger partial charge on any atom is -0.308 e. The summed E-state index contributed by atoms with van der Waals surface area (Å²) in [4.78, 5) is 1.31. The molecule has 2 aromatic rings. The molecule has 0 saturated carbocycles. The molecule has 2 rings (SSSR count). The van der Waals surface area contributed by atoms with Crippen molar-refractivity contribution in [3.63, 3.8) is 0 Å². The summed E-state index contributed by atoms with van der Waals surface area (Å²) in [6.07, 6.45) is 0. The smallest absolute Gasteiger partial charge is 0.128 e. The van der Waals surface area contributed by atoms with Gasteiger partial charge >= 0.3 is 0 Å². The van der Waals surface area contributed by atoms with Crippen LogP contribution in [0, 0.1) is 12.7 Å². The summed E-state index contributed by atoms with van der Waals surface area (Å²) >= 11 is 4.97. The van der Waals surface area contributed by atoms with Crippen molar-refractivity contribution in [3.8, 4) is 0 Å². The van der Waals surface area contributed by atoms with Crippen molar-refractivity contribution in [2.24, 2.45) is 0 Å². The van der Waals surface area contributed by atoms with Gasteiger partial charge in [-0.15, -0.1) is 11.3 Å². The van der Waals surface area contributed by atoms with Gasteiger partial charge in [0.15, 0.2) is 0 Å². The van der Waals surface area contributed by atoms with Crippen LogP contribution in [0.1, 0.15) is 16.0 Å². The highest BCUT2D eigenvalue weighted by Crippen LogP contribution is 2.17. The molecule has 0 amide bonds. The molecular formula is C13H13BrFNS. The van der Waals surface area contributed by atoms with Gasteiger partial charge in [-0.05, 0) is 36.1 Å². The fourth-order valence-corrected chi connectivity index (χ4v) is 2.77. The Morgan fingerprint density at radius 2 is 2.12 bits per heavy atom. The molecule has 0 unspecified atom stereocenters. The van der Waals surface area contributed by atoms with Crippen LogP contribution < -0.4 is 5.32 Å². The molecule has 0 radical (unpaired) electrons. The highest BCUT2D eigenvalue weighted by molar-refractivity contribution is 9.10. The Morgan fingerprint density at radius 1 is 1.29 bits per heavy atom. The van der Waals surface area contributed by atoms with Gasteiger partial charge in [-0.3, -0.25) is 0 Å². The minimum absolute atomic E-state index is 0.172. The Labute approximate surface area is 113 Å². The standard InChI is InChI=1S/C13H13BrFNS/c1-9-4-5-17-13(9)8-16-7-10-2-3-11(14)6-12(10)15/h2-6,16H,7-8H2,1H3. The number of rotatable bonds is 4. The Bertz CT molecular complexity index is 510. The van der Waals surface area contributed by atoms with Crippen LogP contribution in [0.3, 0.4) is 0 Å². The molecule has 0 atom stereocenters. The zero-order valence-corrected chi connectivity index (χ0v) is 11.9. The maximum Gasteiger partial charge on any atom is 0.128 e. The first-order valence-corrected chi connectivity index (χ1v) is 7.01. The third-order valence-electron chi connectivity index (χ3n) is 2.58. The van der Waals surface area contributed by atoms with Crippen LogP contribution in [0.4, 0.5) is 4.39 Å². The Balaban J connectivity index is 1.92. The molecular weight excluding hydrogens is 301 g/mol. The van der Waals surface area contributed by atoms with Gasteiger partial charge in [0.1, 0.15) is 5.82 Å². The van der Waals surface area contributed by atoms with E-state index in [1.165, 1.54) is 16.5 Å². The summed E-state index contributed by atoms with van der Waals surface area (Å²) in [5.74, 6) is -0.172. The van der Waals surface area contributed by atoms with Crippen LogP contribution in [0.25, 0.3) is 0 Å². The first kappa shape index (κ1) is 12.7. The van der Waals surface area contributed by atoms with Crippen molar-refractivity contribution >= 4 is 27.3 Å². The molecule has 0 saturated heterocycles. The number of hydrogen-bond donors (Lipinski definition) is 1. The fourth-order valence-electron chi connectivity index (χ4n) is 1.56. The first-order valence-electron chi connectivity index (χ1n) is 5.34. The molecule has 0 fully saturated rings. The van der Waals surface area contributed by atoms with Gasteiger partial charge in [0.2, 0.25) is 0 Å². The zero-order valence-electron chi connectivity index (χ0n) is 9.47. The number of nitrogens with one attached hydrogen (secondary N) is 1. The van der Waals surface area contributed by atoms with Crippen molar-refractivity contribution in [3.05, 3.63) is 55.9 Å². The molecule has 1 aromatic heterocycles. The molecule has 0 aliphatic carbocycles. The number of aryl methyl sites for hydroxylation is 1. The summed E-state index contributed by atoms with van der Waals surface area (Å²) in [6, 6.07) is 7.25. The van der Waals surface area contributed by atoms with E-state index >= 15 is 0 Å². The lowest BCUT2D eigenvalue weighted by molar-refractivity contribution is 0.588. The van der Waals surface area contributed by atoms with E-state index in [0.717, 1.165) is 11.0 Å². The Hall–Kier alpha value is -0.710. The van der Waals surface area contributed by atoms with Gasteiger partial charge < -0.3 is 5.32 Å². The monoisotopic (exact) mass is 313 g/mol. The van der Waals surface area contributed by atoms with Gasteiger partial charge in [0.05, 0.1) is 0 Å². The molecule has 90 valence electrons. The topological polar surface area (TPSA) is 12.0 Å². The van der Waals surface area contributed by atoms with Crippen LogP contribution in [0.5, 0.6) is 0 Å². The van der Waals surface area contributed by atoms with Crippen molar-refractivity contribution in [2.45, 2.75) is 20.0 Å². The van der Waals surface area contributed by atoms with Crippen LogP contribution in [0.2, 0.25) is 0 Å². The Kier molecular flexibility index (Phi) is 4.31. The van der Waals surface area contributed by atoms with Crippen molar-refractivity contribution in [2.75, 3.05) is 0 Å². The predicted octanol–water partition coefficient (Wildman–Crippen LogP) is 4.25. The van der Waals surface area contributed by atoms with E-state index in [1.54, 1.807) is 17.4 Å². The van der Waals surface area contributed by atoms with Crippen LogP contribution >= 0.6 is 27.3 Å². The zero-order chi connectivity index (χ0) is 12.3. The van der Waals surface area contributed by atoms with E-state index in [2.05, 4.69) is 39.6 Å². The highest BCUT2D eigenvalue weighted by atomic mass is 79.9. The average molecular weight is 314 g/mol. The lowest BCUT2D eigenvalue weighted by atomic mass is 10.2. The van der Waals surface area contributed by atoms with Gasteiger partial charge in [-0.1, -0.05) is 22.0 Å². The highest BCUT2D eigenvalue weighted by Gasteiger charge is 2.03. The van der Waals surface area contributed by atoms with E-state index in [4.69, 9.17) is 0 Å². The molecule has 0 bridgehead atoms. The SMILES string of the molecule is Cc1ccsc1CNCc1ccc(Br)cc1F. The van der Waals surface area contributed by atoms with E-state index in [-0.39, 0.29) is 5.82 Å². The lowest BCUT2D eigenvalue weighted by Crippen LogP contribution is -2.13. The van der Waals surface area contributed by atoms with Gasteiger partial charge in [0.25, 0.3) is 0 Å². The fraction of sp³-hybridized carbons (Fsp3) is 0.231. The normalized spacial score (nSPS) is 10.8. The third-order valence-corrected chi connectivity index (χ3v) is 4.10. The molecule has 0 aliphatic rings. The second kappa shape index (κ2) is 5.76. The molecule has 4 heteroatoms. The second-order valence-electron chi connectivity index (χ2n) is 3.87. The Morgan fingerprint density at radius 3 is 2.76 bits per heavy atom. The quantitative estimate of drug-likeness (QED) is 0.890. The average Bonchev–Trinajstić information content (AvgIpc) is 2.68. The summed E-state index contributed by atoms with van der Waals surface area (Å²) in [5.41, 5.74) is 1.99. The predicted molar refractivity (Wildman–Crippen MR) is 73.7 cm³/mol. The number of benzene rings is 1. The third kappa shape index (κ3) is 3.37. The minimum atomic E-state index is -0.172. The van der Waals surface area contributed by atoms with Crippen molar-refractivity contribution in [1.82, 2.24) is 5.32 Å². The van der Waals surface area contributed by atoms with E-state index in [1.807, 2.05) is 6.07 Å². The number of hydrogen-bond acceptors (Lipinski definition) is 2. The lowest BCUT2D eigenvalue weighted by Gasteiger charge is -2.06. The summed E-state index contributed by atoms with van der Waals surface area (Å²) < 4.78 is 14.3. The van der Waals surface area contributed by atoms with E-state index in [0.29, 0.717) is 12.1 Å². The largest absolute Gasteiger partial charge is 0.308 e. The molecule has 17 heavy (non-hydrogen) atoms. The van der Waals surface area contributed by atoms with Gasteiger partial charge in [-0.25, -0.2) is 4.39 Å². The van der Waals surface area contributed by atoms with Gasteiger partial charge in [-0.2, -0.15) is 0 Å². The summed E-state index contributed by atoms with van der Waals surface area (Å²) in [6.45, 7) is 3.43. The van der Waals surface area contributed by atoms with Crippen LogP contribution in [0.15, 0.2) is 34.1 Å². The molecule has 1 heterocycles. The van der Waals surface area contributed by atoms with Crippen LogP contribution in [-0.4, -0.2) is 0 Å². The van der Waals surface area contributed by atoms with E-state index < -0.39 is 0 Å². The maximum atomic E-state index is 13.5. The molecule has 0 spiro atoms. The maximum absolute atomic E-state index is 13.5. The second-order valence-corrected chi connectivity index (χ2v) is 5.78. The van der Waals surface area contributed by atoms with E-state index in [9.17, 15) is 4.39 Å².